The van der Waals surface area contributed by atoms with Gasteiger partial charge in [0.05, 0.1) is 5.25 Å². The highest BCUT2D eigenvalue weighted by Crippen LogP contribution is 2.17. The molecule has 0 radical (unpaired) electrons. The molecule has 0 aliphatic rings. The molecule has 0 saturated heterocycles. The first-order valence-corrected chi connectivity index (χ1v) is 8.24. The molecule has 2 N–H and O–H groups in total. The highest BCUT2D eigenvalue weighted by atomic mass is 32.2. The molecule has 1 atom stereocenters. The minimum atomic E-state index is -0.0758. The Bertz CT molecular complexity index is 565. The Morgan fingerprint density at radius 1 is 1.14 bits per heavy atom. The first-order chi connectivity index (χ1) is 10.8. The van der Waals surface area contributed by atoms with Gasteiger partial charge >= 0.3 is 0 Å². The summed E-state index contributed by atoms with van der Waals surface area (Å²) < 4.78 is 0. The van der Waals surface area contributed by atoms with Gasteiger partial charge in [0, 0.05) is 31.2 Å². The number of benzene rings is 1. The molecule has 0 spiro atoms. The SMILES string of the molecule is C[C@@H](SCc1ccccc1)C(=O)NCCNc1ncccn1. The first-order valence-electron chi connectivity index (χ1n) is 7.20. The number of nitrogens with one attached hydrogen (secondary N) is 2. The van der Waals surface area contributed by atoms with Crippen LogP contribution in [0.4, 0.5) is 5.95 Å². The molecule has 0 unspecified atom stereocenters. The second-order valence-corrected chi connectivity index (χ2v) is 6.06. The average Bonchev–Trinajstić information content (AvgIpc) is 2.58. The third kappa shape index (κ3) is 5.73. The normalized spacial score (nSPS) is 11.7. The number of carbonyl (C=O) groups excluding carboxylic acids is 1. The van der Waals surface area contributed by atoms with Crippen molar-refractivity contribution in [2.75, 3.05) is 18.4 Å². The Morgan fingerprint density at radius 3 is 2.59 bits per heavy atom. The number of aromatic nitrogens is 2. The van der Waals surface area contributed by atoms with Crippen LogP contribution in [0.1, 0.15) is 12.5 Å². The molecule has 1 heterocycles. The fraction of sp³-hybridized carbons (Fsp3) is 0.312. The second-order valence-electron chi connectivity index (χ2n) is 4.73. The third-order valence-electron chi connectivity index (χ3n) is 2.99. The van der Waals surface area contributed by atoms with E-state index in [1.54, 1.807) is 30.2 Å². The number of rotatable bonds is 8. The molecule has 1 amide bonds. The summed E-state index contributed by atoms with van der Waals surface area (Å²) in [6.45, 7) is 3.08. The van der Waals surface area contributed by atoms with Crippen molar-refractivity contribution in [3.8, 4) is 0 Å². The van der Waals surface area contributed by atoms with Crippen molar-refractivity contribution in [2.45, 2.75) is 17.9 Å². The number of amides is 1. The molecule has 22 heavy (non-hydrogen) atoms. The van der Waals surface area contributed by atoms with Crippen LogP contribution in [0.15, 0.2) is 48.8 Å². The van der Waals surface area contributed by atoms with E-state index in [9.17, 15) is 4.79 Å². The first kappa shape index (κ1) is 16.3. The molecule has 2 rings (SSSR count). The summed E-state index contributed by atoms with van der Waals surface area (Å²) in [6.07, 6.45) is 3.35. The summed E-state index contributed by atoms with van der Waals surface area (Å²) in [5.74, 6) is 1.46. The van der Waals surface area contributed by atoms with Crippen molar-refractivity contribution in [1.29, 1.82) is 0 Å². The van der Waals surface area contributed by atoms with Gasteiger partial charge in [-0.15, -0.1) is 11.8 Å². The van der Waals surface area contributed by atoms with E-state index in [4.69, 9.17) is 0 Å². The zero-order valence-corrected chi connectivity index (χ0v) is 13.3. The number of hydrogen-bond donors (Lipinski definition) is 2. The van der Waals surface area contributed by atoms with Gasteiger partial charge < -0.3 is 10.6 Å². The summed E-state index contributed by atoms with van der Waals surface area (Å²) in [6, 6.07) is 11.9. The van der Waals surface area contributed by atoms with E-state index >= 15 is 0 Å². The van der Waals surface area contributed by atoms with E-state index in [0.717, 1.165) is 5.75 Å². The van der Waals surface area contributed by atoms with Crippen molar-refractivity contribution in [3.63, 3.8) is 0 Å². The number of anilines is 1. The summed E-state index contributed by atoms with van der Waals surface area (Å²) in [5, 5.41) is 5.89. The largest absolute Gasteiger partial charge is 0.353 e. The highest BCUT2D eigenvalue weighted by molar-refractivity contribution is 7.99. The van der Waals surface area contributed by atoms with Gasteiger partial charge in [-0.2, -0.15) is 0 Å². The predicted molar refractivity (Wildman–Crippen MR) is 90.7 cm³/mol. The molecular weight excluding hydrogens is 296 g/mol. The van der Waals surface area contributed by atoms with Crippen LogP contribution in [-0.2, 0) is 10.5 Å². The Labute approximate surface area is 135 Å². The monoisotopic (exact) mass is 316 g/mol. The van der Waals surface area contributed by atoms with Crippen LogP contribution in [0, 0.1) is 0 Å². The molecule has 5 nitrogen and oxygen atoms in total. The van der Waals surface area contributed by atoms with Crippen molar-refractivity contribution >= 4 is 23.6 Å². The summed E-state index contributed by atoms with van der Waals surface area (Å²) >= 11 is 1.63. The molecular formula is C16H20N4OS. The quantitative estimate of drug-likeness (QED) is 0.732. The molecule has 0 aliphatic heterocycles. The smallest absolute Gasteiger partial charge is 0.232 e. The minimum Gasteiger partial charge on any atom is -0.353 e. The second kappa shape index (κ2) is 9.04. The molecule has 1 aromatic heterocycles. The fourth-order valence-electron chi connectivity index (χ4n) is 1.77. The van der Waals surface area contributed by atoms with Crippen LogP contribution < -0.4 is 10.6 Å². The summed E-state index contributed by atoms with van der Waals surface area (Å²) in [5.41, 5.74) is 1.23. The molecule has 2 aromatic rings. The van der Waals surface area contributed by atoms with Crippen molar-refractivity contribution in [3.05, 3.63) is 54.4 Å². The number of hydrogen-bond acceptors (Lipinski definition) is 5. The van der Waals surface area contributed by atoms with Crippen molar-refractivity contribution in [1.82, 2.24) is 15.3 Å². The number of nitrogens with zero attached hydrogens (tertiary/aromatic N) is 2. The lowest BCUT2D eigenvalue weighted by atomic mass is 10.2. The topological polar surface area (TPSA) is 66.9 Å². The van der Waals surface area contributed by atoms with Gasteiger partial charge in [-0.3, -0.25) is 4.79 Å². The van der Waals surface area contributed by atoms with E-state index < -0.39 is 0 Å². The van der Waals surface area contributed by atoms with E-state index in [1.165, 1.54) is 5.56 Å². The Balaban J connectivity index is 1.62. The number of thioether (sulfide) groups is 1. The number of carbonyl (C=O) groups is 1. The van der Waals surface area contributed by atoms with Gasteiger partial charge in [0.15, 0.2) is 0 Å². The lowest BCUT2D eigenvalue weighted by Crippen LogP contribution is -2.34. The van der Waals surface area contributed by atoms with E-state index in [0.29, 0.717) is 19.0 Å². The van der Waals surface area contributed by atoms with Crippen LogP contribution in [-0.4, -0.2) is 34.2 Å². The third-order valence-corrected chi connectivity index (χ3v) is 4.20. The maximum Gasteiger partial charge on any atom is 0.232 e. The predicted octanol–water partition coefficient (Wildman–Crippen LogP) is 2.33. The maximum atomic E-state index is 12.0. The molecule has 0 fully saturated rings. The van der Waals surface area contributed by atoms with E-state index in [1.807, 2.05) is 25.1 Å². The standard InChI is InChI=1S/C16H20N4OS/c1-13(22-12-14-6-3-2-4-7-14)15(21)17-10-11-20-16-18-8-5-9-19-16/h2-9,13H,10-12H2,1H3,(H,17,21)(H,18,19,20)/t13-/m1/s1. The Hall–Kier alpha value is -2.08. The highest BCUT2D eigenvalue weighted by Gasteiger charge is 2.12. The lowest BCUT2D eigenvalue weighted by molar-refractivity contribution is -0.120. The van der Waals surface area contributed by atoms with Gasteiger partial charge in [-0.25, -0.2) is 9.97 Å². The van der Waals surface area contributed by atoms with E-state index in [2.05, 4.69) is 32.7 Å². The average molecular weight is 316 g/mol. The van der Waals surface area contributed by atoms with Gasteiger partial charge in [0.2, 0.25) is 11.9 Å². The molecule has 0 saturated carbocycles. The van der Waals surface area contributed by atoms with Gasteiger partial charge in [-0.1, -0.05) is 30.3 Å². The molecule has 116 valence electrons. The van der Waals surface area contributed by atoms with Crippen LogP contribution in [0.2, 0.25) is 0 Å². The molecule has 6 heteroatoms. The van der Waals surface area contributed by atoms with E-state index in [-0.39, 0.29) is 11.2 Å². The molecule has 0 bridgehead atoms. The summed E-state index contributed by atoms with van der Waals surface area (Å²) in [7, 11) is 0. The van der Waals surface area contributed by atoms with Gasteiger partial charge in [0.1, 0.15) is 0 Å². The van der Waals surface area contributed by atoms with Crippen molar-refractivity contribution < 1.29 is 4.79 Å². The van der Waals surface area contributed by atoms with Crippen LogP contribution in [0.3, 0.4) is 0 Å². The maximum absolute atomic E-state index is 12.0. The van der Waals surface area contributed by atoms with Crippen LogP contribution in [0.25, 0.3) is 0 Å². The Kier molecular flexibility index (Phi) is 6.70. The minimum absolute atomic E-state index is 0.0525. The van der Waals surface area contributed by atoms with Gasteiger partial charge in [0.25, 0.3) is 0 Å². The van der Waals surface area contributed by atoms with Crippen LogP contribution >= 0.6 is 11.8 Å². The fourth-order valence-corrected chi connectivity index (χ4v) is 2.63. The summed E-state index contributed by atoms with van der Waals surface area (Å²) in [4.78, 5) is 20.1. The van der Waals surface area contributed by atoms with Crippen molar-refractivity contribution in [2.24, 2.45) is 0 Å². The molecule has 0 aliphatic carbocycles. The zero-order chi connectivity index (χ0) is 15.6. The van der Waals surface area contributed by atoms with Gasteiger partial charge in [-0.05, 0) is 18.6 Å². The van der Waals surface area contributed by atoms with Crippen LogP contribution in [0.5, 0.6) is 0 Å². The zero-order valence-electron chi connectivity index (χ0n) is 12.5. The lowest BCUT2D eigenvalue weighted by Gasteiger charge is -2.12. The molecule has 1 aromatic carbocycles. The Morgan fingerprint density at radius 2 is 1.86 bits per heavy atom.